The predicted molar refractivity (Wildman–Crippen MR) is 65.4 cm³/mol. The van der Waals surface area contributed by atoms with Crippen molar-refractivity contribution in [2.24, 2.45) is 0 Å². The molecule has 0 saturated carbocycles. The average molecular weight is 244 g/mol. The van der Waals surface area contributed by atoms with E-state index in [2.05, 4.69) is 57.2 Å². The fraction of sp³-hybridized carbons (Fsp3) is 0.286. The molecule has 0 heterocycles. The number of allylic oxidation sites excluding steroid dienone is 4. The minimum absolute atomic E-state index is 0. The topological polar surface area (TPSA) is 0 Å². The van der Waals surface area contributed by atoms with Gasteiger partial charge in [0.1, 0.15) is 0 Å². The third-order valence-corrected chi connectivity index (χ3v) is 2.27. The molecule has 1 heteroatoms. The van der Waals surface area contributed by atoms with E-state index in [-0.39, 0.29) is 24.5 Å². The van der Waals surface area contributed by atoms with Crippen molar-refractivity contribution in [2.45, 2.75) is 27.2 Å². The molecule has 2 rings (SSSR count). The van der Waals surface area contributed by atoms with Crippen LogP contribution in [0.3, 0.4) is 0 Å². The maximum atomic E-state index is 2.16. The fourth-order valence-electron chi connectivity index (χ4n) is 1.15. The van der Waals surface area contributed by atoms with Crippen molar-refractivity contribution < 1.29 is 17.1 Å². The first-order valence-electron chi connectivity index (χ1n) is 4.71. The molecule has 0 amide bonds. The van der Waals surface area contributed by atoms with Crippen LogP contribution in [0.1, 0.15) is 24.5 Å². The Morgan fingerprint density at radius 1 is 1.27 bits per heavy atom. The fourth-order valence-corrected chi connectivity index (χ4v) is 1.15. The normalized spacial score (nSPS) is 11.8. The molecule has 0 bridgehead atoms. The smallest absolute Gasteiger partial charge is 0.358 e. The van der Waals surface area contributed by atoms with Crippen LogP contribution < -0.4 is 0 Å². The molecule has 1 aliphatic carbocycles. The molecule has 0 N–H and O–H groups in total. The van der Waals surface area contributed by atoms with Crippen LogP contribution in [0.4, 0.5) is 0 Å². The van der Waals surface area contributed by atoms with Crippen LogP contribution in [0.5, 0.6) is 0 Å². The van der Waals surface area contributed by atoms with Gasteiger partial charge in [-0.15, -0.1) is 0 Å². The Morgan fingerprint density at radius 2 is 1.93 bits per heavy atom. The minimum Gasteiger partial charge on any atom is -0.358 e. The van der Waals surface area contributed by atoms with Gasteiger partial charge < -0.3 is 7.43 Å². The molecule has 0 radical (unpaired) electrons. The van der Waals surface area contributed by atoms with Gasteiger partial charge in [-0.05, 0) is 13.3 Å². The van der Waals surface area contributed by atoms with Gasteiger partial charge in [0.2, 0.25) is 0 Å². The molecule has 1 aliphatic rings. The Hall–Kier alpha value is -0.651. The van der Waals surface area contributed by atoms with Crippen molar-refractivity contribution in [3.05, 3.63) is 60.6 Å². The molecule has 0 spiro atoms. The minimum atomic E-state index is 0. The first kappa shape index (κ1) is 16.8. The van der Waals surface area contributed by atoms with Crippen LogP contribution in [0.25, 0.3) is 0 Å². The summed E-state index contributed by atoms with van der Waals surface area (Å²) in [5.41, 5.74) is 4.25. The van der Waals surface area contributed by atoms with Crippen LogP contribution in [0.15, 0.2) is 42.0 Å². The van der Waals surface area contributed by atoms with Crippen molar-refractivity contribution in [1.82, 2.24) is 0 Å². The molecule has 84 valence electrons. The first-order valence-corrected chi connectivity index (χ1v) is 4.71. The summed E-state index contributed by atoms with van der Waals surface area (Å²) in [5.74, 6) is 0. The number of aryl methyl sites for hydroxylation is 2. The Morgan fingerprint density at radius 3 is 2.07 bits per heavy atom. The summed E-state index contributed by atoms with van der Waals surface area (Å²) in [6, 6.07) is 6.31. The van der Waals surface area contributed by atoms with E-state index in [4.69, 9.17) is 0 Å². The molecular formula is C14H20Fe. The second-order valence-corrected chi connectivity index (χ2v) is 3.54. The number of rotatable bonds is 0. The summed E-state index contributed by atoms with van der Waals surface area (Å²) in [7, 11) is 0. The molecule has 15 heavy (non-hydrogen) atoms. The van der Waals surface area contributed by atoms with Gasteiger partial charge in [-0.2, -0.15) is 17.2 Å². The standard InChI is InChI=1S/C7H9.C6H8.CH3.Fe/c1-6-4-3-5-7(6)2;1-6-4-2-3-5-6;;/h3-5H,1-2H3;2-4H,5H2,1H3;1H3;/q-1;;-1;+2. The Bertz CT molecular complexity index is 299. The molecule has 0 saturated heterocycles. The number of hydrogen-bond acceptors (Lipinski definition) is 0. The van der Waals surface area contributed by atoms with Crippen molar-refractivity contribution in [3.63, 3.8) is 0 Å². The van der Waals surface area contributed by atoms with Gasteiger partial charge in [0.25, 0.3) is 0 Å². The van der Waals surface area contributed by atoms with Crippen LogP contribution >= 0.6 is 0 Å². The van der Waals surface area contributed by atoms with E-state index in [1.807, 2.05) is 0 Å². The van der Waals surface area contributed by atoms with E-state index < -0.39 is 0 Å². The van der Waals surface area contributed by atoms with E-state index in [1.54, 1.807) is 0 Å². The Labute approximate surface area is 105 Å². The largest absolute Gasteiger partial charge is 2.00 e. The molecule has 1 aromatic rings. The van der Waals surface area contributed by atoms with Gasteiger partial charge in [-0.25, -0.2) is 12.1 Å². The van der Waals surface area contributed by atoms with E-state index in [0.29, 0.717) is 0 Å². The van der Waals surface area contributed by atoms with E-state index in [9.17, 15) is 0 Å². The maximum Gasteiger partial charge on any atom is 2.00 e. The van der Waals surface area contributed by atoms with Crippen LogP contribution in [-0.2, 0) is 17.1 Å². The summed E-state index contributed by atoms with van der Waals surface area (Å²) < 4.78 is 0. The molecule has 0 atom stereocenters. The third-order valence-electron chi connectivity index (χ3n) is 2.27. The average Bonchev–Trinajstić information content (AvgIpc) is 2.67. The first-order chi connectivity index (χ1) is 6.20. The summed E-state index contributed by atoms with van der Waals surface area (Å²) >= 11 is 0. The molecule has 1 aromatic carbocycles. The van der Waals surface area contributed by atoms with Gasteiger partial charge in [0.15, 0.2) is 0 Å². The van der Waals surface area contributed by atoms with Crippen molar-refractivity contribution in [1.29, 1.82) is 0 Å². The van der Waals surface area contributed by atoms with Gasteiger partial charge >= 0.3 is 17.1 Å². The molecule has 0 fully saturated rings. The summed E-state index contributed by atoms with van der Waals surface area (Å²) in [6.07, 6.45) is 7.56. The summed E-state index contributed by atoms with van der Waals surface area (Å²) in [6.45, 7) is 6.38. The van der Waals surface area contributed by atoms with E-state index in [1.165, 1.54) is 23.1 Å². The van der Waals surface area contributed by atoms with Gasteiger partial charge in [0.05, 0.1) is 0 Å². The predicted octanol–water partition coefficient (Wildman–Crippen LogP) is 4.36. The van der Waals surface area contributed by atoms with Crippen molar-refractivity contribution >= 4 is 0 Å². The van der Waals surface area contributed by atoms with Crippen LogP contribution in [0, 0.1) is 21.3 Å². The number of hydrogen-bond donors (Lipinski definition) is 0. The van der Waals surface area contributed by atoms with E-state index in [0.717, 1.165) is 0 Å². The van der Waals surface area contributed by atoms with Gasteiger partial charge in [-0.3, -0.25) is 0 Å². The zero-order valence-electron chi connectivity index (χ0n) is 10.0. The Balaban J connectivity index is 0. The second kappa shape index (κ2) is 8.64. The van der Waals surface area contributed by atoms with Crippen LogP contribution in [-0.4, -0.2) is 0 Å². The van der Waals surface area contributed by atoms with Crippen molar-refractivity contribution in [2.75, 3.05) is 0 Å². The van der Waals surface area contributed by atoms with E-state index >= 15 is 0 Å². The molecule has 0 aromatic heterocycles. The molecule has 0 nitrogen and oxygen atoms in total. The molecule has 0 aliphatic heterocycles. The quantitative estimate of drug-likeness (QED) is 0.469. The zero-order valence-corrected chi connectivity index (χ0v) is 11.1. The molecule has 0 unspecified atom stereocenters. The monoisotopic (exact) mass is 244 g/mol. The SMILES string of the molecule is CC1=CC=CC1.Cc1ccc[c-]1C.[CH3-].[Fe+2]. The summed E-state index contributed by atoms with van der Waals surface area (Å²) in [5, 5.41) is 0. The molecular weight excluding hydrogens is 224 g/mol. The Kier molecular flexibility index (Phi) is 9.66. The van der Waals surface area contributed by atoms with Gasteiger partial charge in [0, 0.05) is 0 Å². The maximum absolute atomic E-state index is 2.16. The second-order valence-electron chi connectivity index (χ2n) is 3.54. The van der Waals surface area contributed by atoms with Crippen LogP contribution in [0.2, 0.25) is 0 Å². The summed E-state index contributed by atoms with van der Waals surface area (Å²) in [4.78, 5) is 0. The van der Waals surface area contributed by atoms with Crippen molar-refractivity contribution in [3.8, 4) is 0 Å². The zero-order chi connectivity index (χ0) is 9.68. The third kappa shape index (κ3) is 6.43. The van der Waals surface area contributed by atoms with Gasteiger partial charge in [-0.1, -0.05) is 37.6 Å².